The van der Waals surface area contributed by atoms with E-state index in [1.165, 1.54) is 0 Å². The average molecular weight is 347 g/mol. The normalized spacial score (nSPS) is 10.5. The SMILES string of the molecule is CCCCCNc1nc(C)cc(C(=O)NCc2ccccc2Cl)n1. The molecule has 2 aromatic rings. The number of carbonyl (C=O) groups is 1. The van der Waals surface area contributed by atoms with Crippen LogP contribution in [0.25, 0.3) is 0 Å². The second-order valence-electron chi connectivity index (χ2n) is 5.63. The summed E-state index contributed by atoms with van der Waals surface area (Å²) in [4.78, 5) is 21.0. The van der Waals surface area contributed by atoms with Crippen LogP contribution in [0.4, 0.5) is 5.95 Å². The molecule has 2 rings (SSSR count). The van der Waals surface area contributed by atoms with E-state index in [1.54, 1.807) is 12.1 Å². The first-order valence-electron chi connectivity index (χ1n) is 8.21. The topological polar surface area (TPSA) is 66.9 Å². The number of carbonyl (C=O) groups excluding carboxylic acids is 1. The van der Waals surface area contributed by atoms with Gasteiger partial charge in [-0.2, -0.15) is 0 Å². The van der Waals surface area contributed by atoms with Crippen molar-refractivity contribution >= 4 is 23.5 Å². The molecule has 6 heteroatoms. The first-order valence-corrected chi connectivity index (χ1v) is 8.59. The Morgan fingerprint density at radius 2 is 2.00 bits per heavy atom. The Balaban J connectivity index is 1.98. The van der Waals surface area contributed by atoms with E-state index in [9.17, 15) is 4.79 Å². The summed E-state index contributed by atoms with van der Waals surface area (Å²) in [5.41, 5.74) is 1.98. The van der Waals surface area contributed by atoms with Gasteiger partial charge in [0.15, 0.2) is 0 Å². The van der Waals surface area contributed by atoms with Crippen molar-refractivity contribution in [1.29, 1.82) is 0 Å². The van der Waals surface area contributed by atoms with Gasteiger partial charge in [0, 0.05) is 23.8 Å². The molecule has 0 aliphatic rings. The molecule has 0 unspecified atom stereocenters. The van der Waals surface area contributed by atoms with Crippen LogP contribution in [0.2, 0.25) is 5.02 Å². The van der Waals surface area contributed by atoms with Gasteiger partial charge in [0.25, 0.3) is 5.91 Å². The number of benzene rings is 1. The third-order valence-electron chi connectivity index (χ3n) is 3.55. The Bertz CT molecular complexity index is 690. The molecule has 2 N–H and O–H groups in total. The minimum atomic E-state index is -0.239. The Morgan fingerprint density at radius 1 is 1.21 bits per heavy atom. The second kappa shape index (κ2) is 9.23. The van der Waals surface area contributed by atoms with Crippen LogP contribution in [0.3, 0.4) is 0 Å². The Morgan fingerprint density at radius 3 is 2.75 bits per heavy atom. The highest BCUT2D eigenvalue weighted by molar-refractivity contribution is 6.31. The summed E-state index contributed by atoms with van der Waals surface area (Å²) < 4.78 is 0. The van der Waals surface area contributed by atoms with E-state index >= 15 is 0 Å². The van der Waals surface area contributed by atoms with Crippen molar-refractivity contribution in [1.82, 2.24) is 15.3 Å². The van der Waals surface area contributed by atoms with E-state index in [0.717, 1.165) is 37.1 Å². The molecule has 0 bridgehead atoms. The van der Waals surface area contributed by atoms with Gasteiger partial charge in [-0.15, -0.1) is 0 Å². The summed E-state index contributed by atoms with van der Waals surface area (Å²) in [6.07, 6.45) is 3.37. The van der Waals surface area contributed by atoms with Gasteiger partial charge in [0.1, 0.15) is 5.69 Å². The van der Waals surface area contributed by atoms with E-state index in [-0.39, 0.29) is 5.91 Å². The van der Waals surface area contributed by atoms with Crippen molar-refractivity contribution in [2.45, 2.75) is 39.7 Å². The van der Waals surface area contributed by atoms with Crippen molar-refractivity contribution in [3.63, 3.8) is 0 Å². The van der Waals surface area contributed by atoms with Crippen molar-refractivity contribution in [2.24, 2.45) is 0 Å². The predicted octanol–water partition coefficient (Wildman–Crippen LogP) is 3.97. The molecular weight excluding hydrogens is 324 g/mol. The van der Waals surface area contributed by atoms with Gasteiger partial charge in [0.05, 0.1) is 0 Å². The minimum absolute atomic E-state index is 0.239. The first kappa shape index (κ1) is 18.2. The number of halogens is 1. The van der Waals surface area contributed by atoms with Crippen LogP contribution in [0.5, 0.6) is 0 Å². The average Bonchev–Trinajstić information content (AvgIpc) is 2.57. The molecule has 1 amide bonds. The number of hydrogen-bond acceptors (Lipinski definition) is 4. The molecule has 0 radical (unpaired) electrons. The number of aromatic nitrogens is 2. The molecule has 128 valence electrons. The lowest BCUT2D eigenvalue weighted by Gasteiger charge is -2.09. The van der Waals surface area contributed by atoms with Gasteiger partial charge in [-0.05, 0) is 31.0 Å². The summed E-state index contributed by atoms with van der Waals surface area (Å²) in [5, 5.41) is 6.65. The second-order valence-corrected chi connectivity index (χ2v) is 6.03. The number of amides is 1. The van der Waals surface area contributed by atoms with Crippen LogP contribution in [0.15, 0.2) is 30.3 Å². The standard InChI is InChI=1S/C18H23ClN4O/c1-3-4-7-10-20-18-22-13(2)11-16(23-18)17(24)21-12-14-8-5-6-9-15(14)19/h5-6,8-9,11H,3-4,7,10,12H2,1-2H3,(H,21,24)(H,20,22,23). The zero-order valence-electron chi connectivity index (χ0n) is 14.1. The van der Waals surface area contributed by atoms with Crippen LogP contribution < -0.4 is 10.6 Å². The summed E-state index contributed by atoms with van der Waals surface area (Å²) in [6.45, 7) is 5.17. The summed E-state index contributed by atoms with van der Waals surface area (Å²) in [7, 11) is 0. The van der Waals surface area contributed by atoms with Gasteiger partial charge in [0.2, 0.25) is 5.95 Å². The van der Waals surface area contributed by atoms with Crippen molar-refractivity contribution in [3.8, 4) is 0 Å². The number of hydrogen-bond donors (Lipinski definition) is 2. The highest BCUT2D eigenvalue weighted by Crippen LogP contribution is 2.14. The van der Waals surface area contributed by atoms with E-state index < -0.39 is 0 Å². The number of aryl methyl sites for hydroxylation is 1. The molecule has 0 saturated carbocycles. The molecule has 1 heterocycles. The maximum atomic E-state index is 12.3. The number of anilines is 1. The zero-order chi connectivity index (χ0) is 17.4. The van der Waals surface area contributed by atoms with E-state index in [0.29, 0.717) is 23.2 Å². The van der Waals surface area contributed by atoms with Crippen LogP contribution in [-0.2, 0) is 6.54 Å². The lowest BCUT2D eigenvalue weighted by Crippen LogP contribution is -2.24. The summed E-state index contributed by atoms with van der Waals surface area (Å²) in [6, 6.07) is 9.11. The van der Waals surface area contributed by atoms with Crippen molar-refractivity contribution < 1.29 is 4.79 Å². The van der Waals surface area contributed by atoms with Crippen molar-refractivity contribution in [2.75, 3.05) is 11.9 Å². The third kappa shape index (κ3) is 5.49. The molecule has 24 heavy (non-hydrogen) atoms. The molecular formula is C18H23ClN4O. The lowest BCUT2D eigenvalue weighted by atomic mass is 10.2. The van der Waals surface area contributed by atoms with Crippen LogP contribution in [0.1, 0.15) is 47.9 Å². The van der Waals surface area contributed by atoms with E-state index in [4.69, 9.17) is 11.6 Å². The molecule has 5 nitrogen and oxygen atoms in total. The van der Waals surface area contributed by atoms with Gasteiger partial charge < -0.3 is 10.6 Å². The van der Waals surface area contributed by atoms with Gasteiger partial charge in [-0.25, -0.2) is 9.97 Å². The molecule has 1 aromatic carbocycles. The number of nitrogens with one attached hydrogen (secondary N) is 2. The molecule has 0 aliphatic carbocycles. The van der Waals surface area contributed by atoms with E-state index in [2.05, 4.69) is 27.5 Å². The predicted molar refractivity (Wildman–Crippen MR) is 97.4 cm³/mol. The van der Waals surface area contributed by atoms with Crippen LogP contribution in [0, 0.1) is 6.92 Å². The summed E-state index contributed by atoms with van der Waals surface area (Å²) >= 11 is 6.10. The maximum Gasteiger partial charge on any atom is 0.270 e. The Labute approximate surface area is 147 Å². The van der Waals surface area contributed by atoms with Crippen LogP contribution in [-0.4, -0.2) is 22.4 Å². The quantitative estimate of drug-likeness (QED) is 0.710. The largest absolute Gasteiger partial charge is 0.354 e. The van der Waals surface area contributed by atoms with Crippen molar-refractivity contribution in [3.05, 3.63) is 52.3 Å². The fourth-order valence-corrected chi connectivity index (χ4v) is 2.45. The van der Waals surface area contributed by atoms with Gasteiger partial charge >= 0.3 is 0 Å². The highest BCUT2D eigenvalue weighted by Gasteiger charge is 2.11. The summed E-state index contributed by atoms with van der Waals surface area (Å²) in [5.74, 6) is 0.256. The molecule has 0 spiro atoms. The molecule has 0 atom stereocenters. The van der Waals surface area contributed by atoms with Gasteiger partial charge in [-0.3, -0.25) is 4.79 Å². The monoisotopic (exact) mass is 346 g/mol. The molecule has 1 aromatic heterocycles. The molecule has 0 saturated heterocycles. The fourth-order valence-electron chi connectivity index (χ4n) is 2.25. The smallest absolute Gasteiger partial charge is 0.270 e. The minimum Gasteiger partial charge on any atom is -0.354 e. The van der Waals surface area contributed by atoms with Crippen LogP contribution >= 0.6 is 11.6 Å². The number of rotatable bonds is 8. The van der Waals surface area contributed by atoms with E-state index in [1.807, 2.05) is 25.1 Å². The Kier molecular flexibility index (Phi) is 7.00. The third-order valence-corrected chi connectivity index (χ3v) is 3.92. The maximum absolute atomic E-state index is 12.3. The Hall–Kier alpha value is -2.14. The highest BCUT2D eigenvalue weighted by atomic mass is 35.5. The molecule has 0 aliphatic heterocycles. The fraction of sp³-hybridized carbons (Fsp3) is 0.389. The number of unbranched alkanes of at least 4 members (excludes halogenated alkanes) is 2. The molecule has 0 fully saturated rings. The lowest BCUT2D eigenvalue weighted by molar-refractivity contribution is 0.0946. The van der Waals surface area contributed by atoms with Gasteiger partial charge in [-0.1, -0.05) is 49.6 Å². The zero-order valence-corrected chi connectivity index (χ0v) is 14.9. The number of nitrogens with zero attached hydrogens (tertiary/aromatic N) is 2. The first-order chi connectivity index (χ1) is 11.6.